The van der Waals surface area contributed by atoms with E-state index < -0.39 is 5.54 Å². The fourth-order valence-electron chi connectivity index (χ4n) is 2.94. The maximum absolute atomic E-state index is 12.9. The molecule has 5 heteroatoms. The van der Waals surface area contributed by atoms with E-state index in [0.29, 0.717) is 11.1 Å². The van der Waals surface area contributed by atoms with Gasteiger partial charge in [0, 0.05) is 24.1 Å². The van der Waals surface area contributed by atoms with Crippen molar-refractivity contribution in [3.05, 3.63) is 35.5 Å². The summed E-state index contributed by atoms with van der Waals surface area (Å²) in [6.45, 7) is 5.32. The number of imide groups is 1. The van der Waals surface area contributed by atoms with Gasteiger partial charge in [-0.25, -0.2) is 0 Å². The highest BCUT2D eigenvalue weighted by molar-refractivity contribution is 6.27. The van der Waals surface area contributed by atoms with Crippen LogP contribution in [0.5, 0.6) is 0 Å². The molecule has 1 aromatic carbocycles. The second-order valence-corrected chi connectivity index (χ2v) is 6.21. The Balaban J connectivity index is 2.26. The van der Waals surface area contributed by atoms with Crippen molar-refractivity contribution in [1.82, 2.24) is 9.47 Å². The topological polar surface area (TPSA) is 66.1 Å². The molecule has 2 heterocycles. The minimum atomic E-state index is -1.16. The van der Waals surface area contributed by atoms with Gasteiger partial charge in [0.1, 0.15) is 5.54 Å². The van der Waals surface area contributed by atoms with Crippen LogP contribution in [0, 0.1) is 17.2 Å². The zero-order chi connectivity index (χ0) is 16.2. The Kier molecular flexibility index (Phi) is 2.89. The van der Waals surface area contributed by atoms with Crippen LogP contribution in [0.15, 0.2) is 24.4 Å². The van der Waals surface area contributed by atoms with Gasteiger partial charge in [-0.2, -0.15) is 5.26 Å². The third kappa shape index (κ3) is 1.58. The van der Waals surface area contributed by atoms with E-state index in [1.54, 1.807) is 13.0 Å². The van der Waals surface area contributed by atoms with Gasteiger partial charge in [-0.3, -0.25) is 14.5 Å². The summed E-state index contributed by atoms with van der Waals surface area (Å²) in [7, 11) is 1.89. The van der Waals surface area contributed by atoms with Gasteiger partial charge in [0.05, 0.1) is 17.2 Å². The number of amides is 2. The molecule has 1 aliphatic rings. The van der Waals surface area contributed by atoms with Crippen molar-refractivity contribution in [3.8, 4) is 6.07 Å². The number of rotatable bonds is 2. The van der Waals surface area contributed by atoms with Crippen LogP contribution in [-0.4, -0.2) is 26.8 Å². The average Bonchev–Trinajstić information content (AvgIpc) is 2.98. The Labute approximate surface area is 128 Å². The summed E-state index contributed by atoms with van der Waals surface area (Å²) in [5, 5.41) is 10.3. The quantitative estimate of drug-likeness (QED) is 0.800. The number of nitrogens with zero attached hydrogens (tertiary/aromatic N) is 3. The molecule has 0 spiro atoms. The molecule has 1 aromatic heterocycles. The molecule has 1 unspecified atom stereocenters. The number of nitriles is 1. The molecule has 0 N–H and O–H groups in total. The summed E-state index contributed by atoms with van der Waals surface area (Å²) >= 11 is 0. The van der Waals surface area contributed by atoms with Crippen LogP contribution in [0.25, 0.3) is 10.9 Å². The van der Waals surface area contributed by atoms with Gasteiger partial charge in [-0.05, 0) is 31.0 Å². The second-order valence-electron chi connectivity index (χ2n) is 6.21. The molecule has 1 aliphatic heterocycles. The first kappa shape index (κ1) is 14.3. The number of benzene rings is 1. The smallest absolute Gasteiger partial charge is 0.263 e. The molecule has 0 saturated carbocycles. The maximum Gasteiger partial charge on any atom is 0.263 e. The fourth-order valence-corrected chi connectivity index (χ4v) is 2.94. The Morgan fingerprint density at radius 1 is 1.18 bits per heavy atom. The van der Waals surface area contributed by atoms with Crippen LogP contribution in [0.3, 0.4) is 0 Å². The molecule has 2 amide bonds. The van der Waals surface area contributed by atoms with Crippen LogP contribution in [0.2, 0.25) is 0 Å². The van der Waals surface area contributed by atoms with Crippen LogP contribution in [0.4, 0.5) is 0 Å². The molecule has 0 fully saturated rings. The van der Waals surface area contributed by atoms with Crippen LogP contribution in [-0.2, 0) is 7.05 Å². The third-order valence-corrected chi connectivity index (χ3v) is 4.73. The summed E-state index contributed by atoms with van der Waals surface area (Å²) in [5.41, 5.74) is 0.523. The number of carbonyl (C=O) groups excluding carboxylic acids is 2. The molecule has 0 radical (unpaired) electrons. The number of hydrogen-bond donors (Lipinski definition) is 0. The lowest BCUT2D eigenvalue weighted by molar-refractivity contribution is 0.0466. The molecular formula is C17H17N3O2. The first-order chi connectivity index (χ1) is 10.3. The van der Waals surface area contributed by atoms with Crippen LogP contribution < -0.4 is 0 Å². The highest BCUT2D eigenvalue weighted by atomic mass is 16.2. The lowest BCUT2D eigenvalue weighted by Crippen LogP contribution is -2.52. The first-order valence-corrected chi connectivity index (χ1v) is 7.21. The Hall–Kier alpha value is -2.61. The fraction of sp³-hybridized carbons (Fsp3) is 0.353. The number of carbonyl (C=O) groups is 2. The van der Waals surface area contributed by atoms with E-state index in [0.717, 1.165) is 15.8 Å². The monoisotopic (exact) mass is 295 g/mol. The molecular weight excluding hydrogens is 278 g/mol. The number of aryl methyl sites for hydroxylation is 1. The van der Waals surface area contributed by atoms with Gasteiger partial charge in [0.15, 0.2) is 0 Å². The zero-order valence-electron chi connectivity index (χ0n) is 13.0. The van der Waals surface area contributed by atoms with Gasteiger partial charge in [0.25, 0.3) is 11.8 Å². The SMILES string of the molecule is CC(C)C(C)(C#N)N1C(=O)c2ccc3c(ccn3C)c2C1=O. The van der Waals surface area contributed by atoms with Crippen molar-refractivity contribution in [3.63, 3.8) is 0 Å². The third-order valence-electron chi connectivity index (χ3n) is 4.73. The number of hydrogen-bond acceptors (Lipinski definition) is 3. The maximum atomic E-state index is 12.9. The van der Waals surface area contributed by atoms with E-state index >= 15 is 0 Å². The van der Waals surface area contributed by atoms with Gasteiger partial charge in [-0.1, -0.05) is 13.8 Å². The van der Waals surface area contributed by atoms with Crippen molar-refractivity contribution < 1.29 is 9.59 Å². The molecule has 0 aliphatic carbocycles. The summed E-state index contributed by atoms with van der Waals surface area (Å²) < 4.78 is 1.90. The van der Waals surface area contributed by atoms with Crippen molar-refractivity contribution in [2.24, 2.45) is 13.0 Å². The van der Waals surface area contributed by atoms with Gasteiger partial charge in [-0.15, -0.1) is 0 Å². The van der Waals surface area contributed by atoms with Gasteiger partial charge >= 0.3 is 0 Å². The van der Waals surface area contributed by atoms with Crippen molar-refractivity contribution in [1.29, 1.82) is 5.26 Å². The summed E-state index contributed by atoms with van der Waals surface area (Å²) in [5.74, 6) is -0.927. The van der Waals surface area contributed by atoms with E-state index in [1.807, 2.05) is 43.8 Å². The lowest BCUT2D eigenvalue weighted by atomic mass is 9.88. The van der Waals surface area contributed by atoms with E-state index in [-0.39, 0.29) is 17.7 Å². The van der Waals surface area contributed by atoms with Crippen LogP contribution in [0.1, 0.15) is 41.5 Å². The van der Waals surface area contributed by atoms with Gasteiger partial charge in [0.2, 0.25) is 0 Å². The van der Waals surface area contributed by atoms with Crippen LogP contribution >= 0.6 is 0 Å². The zero-order valence-corrected chi connectivity index (χ0v) is 13.0. The Bertz CT molecular complexity index is 857. The average molecular weight is 295 g/mol. The normalized spacial score (nSPS) is 17.0. The predicted octanol–water partition coefficient (Wildman–Crippen LogP) is 2.71. The summed E-state index contributed by atoms with van der Waals surface area (Å²) in [4.78, 5) is 26.7. The first-order valence-electron chi connectivity index (χ1n) is 7.21. The van der Waals surface area contributed by atoms with E-state index in [2.05, 4.69) is 6.07 Å². The van der Waals surface area contributed by atoms with E-state index in [1.165, 1.54) is 0 Å². The molecule has 3 rings (SSSR count). The molecule has 2 aromatic rings. The Morgan fingerprint density at radius 3 is 2.45 bits per heavy atom. The number of aromatic nitrogens is 1. The largest absolute Gasteiger partial charge is 0.351 e. The second kappa shape index (κ2) is 4.44. The standard InChI is InChI=1S/C17H17N3O2/c1-10(2)17(3,9-18)20-15(21)12-5-6-13-11(7-8-19(13)4)14(12)16(20)22/h5-8,10H,1-4H3. The summed E-state index contributed by atoms with van der Waals surface area (Å²) in [6, 6.07) is 7.49. The van der Waals surface area contributed by atoms with Gasteiger partial charge < -0.3 is 4.57 Å². The highest BCUT2D eigenvalue weighted by Crippen LogP contribution is 2.36. The van der Waals surface area contributed by atoms with Crippen molar-refractivity contribution in [2.45, 2.75) is 26.3 Å². The van der Waals surface area contributed by atoms with E-state index in [9.17, 15) is 14.9 Å². The lowest BCUT2D eigenvalue weighted by Gasteiger charge is -2.34. The molecule has 22 heavy (non-hydrogen) atoms. The predicted molar refractivity (Wildman–Crippen MR) is 82.3 cm³/mol. The Morgan fingerprint density at radius 2 is 1.86 bits per heavy atom. The number of fused-ring (bicyclic) bond motifs is 3. The summed E-state index contributed by atoms with van der Waals surface area (Å²) in [6.07, 6.45) is 1.86. The molecule has 5 nitrogen and oxygen atoms in total. The van der Waals surface area contributed by atoms with E-state index in [4.69, 9.17) is 0 Å². The minimum absolute atomic E-state index is 0.161. The molecule has 1 atom stereocenters. The van der Waals surface area contributed by atoms with Crippen molar-refractivity contribution >= 4 is 22.7 Å². The molecule has 0 bridgehead atoms. The minimum Gasteiger partial charge on any atom is -0.351 e. The highest BCUT2D eigenvalue weighted by Gasteiger charge is 2.49. The van der Waals surface area contributed by atoms with Crippen molar-refractivity contribution in [2.75, 3.05) is 0 Å². The molecule has 0 saturated heterocycles. The molecule has 112 valence electrons.